The van der Waals surface area contributed by atoms with Crippen LogP contribution in [0.15, 0.2) is 66.9 Å². The second-order valence-corrected chi connectivity index (χ2v) is 11.3. The van der Waals surface area contributed by atoms with E-state index in [-0.39, 0.29) is 29.0 Å². The number of anilines is 2. The molecule has 2 amide bonds. The molecule has 4 aromatic rings. The van der Waals surface area contributed by atoms with E-state index in [9.17, 15) is 14.0 Å². The number of carbonyl (C=O) groups is 2. The number of nitrogens with two attached hydrogens (primary N) is 1. The van der Waals surface area contributed by atoms with Crippen molar-refractivity contribution in [3.05, 3.63) is 78.5 Å². The number of amides is 2. The van der Waals surface area contributed by atoms with Crippen LogP contribution in [0.3, 0.4) is 0 Å². The average Bonchev–Trinajstić information content (AvgIpc) is 3.61. The number of fused-ring (bicyclic) bond motifs is 1. The summed E-state index contributed by atoms with van der Waals surface area (Å²) in [5, 5.41) is 0.571. The van der Waals surface area contributed by atoms with Gasteiger partial charge in [0.05, 0.1) is 18.3 Å². The van der Waals surface area contributed by atoms with Crippen LogP contribution in [0.5, 0.6) is 23.0 Å². The molecule has 0 saturated heterocycles. The largest absolute Gasteiger partial charge is 0.493 e. The number of ether oxygens (including phenoxy) is 3. The number of halogens is 2. The fraction of sp³-hybridized carbons (Fsp3) is 0.343. The Bertz CT molecular complexity index is 1740. The molecular weight excluding hydrogens is 594 g/mol. The molecule has 5 rings (SSSR count). The van der Waals surface area contributed by atoms with Crippen LogP contribution >= 0.6 is 0 Å². The zero-order valence-electron chi connectivity index (χ0n) is 26.6. The van der Waals surface area contributed by atoms with Gasteiger partial charge in [-0.3, -0.25) is 19.5 Å². The lowest BCUT2D eigenvalue weighted by Crippen LogP contribution is -2.43. The van der Waals surface area contributed by atoms with Gasteiger partial charge >= 0.3 is 0 Å². The fourth-order valence-electron chi connectivity index (χ4n) is 6.02. The molecule has 46 heavy (non-hydrogen) atoms. The highest BCUT2D eigenvalue weighted by atomic mass is 19.1. The van der Waals surface area contributed by atoms with Crippen LogP contribution in [0.1, 0.15) is 27.7 Å². The Morgan fingerprint density at radius 2 is 1.57 bits per heavy atom. The van der Waals surface area contributed by atoms with Gasteiger partial charge in [-0.25, -0.2) is 8.78 Å². The molecule has 242 valence electrons. The number of aromatic nitrogens is 1. The SMILES string of the molecule is CCN(CC)CCOc1cc2nccc(Oc3ccc(N(C(=O)C4(C(N)=O)[C@H](C)[C@H]4C)c4ccc(F)cc4)cc3F)c2cc1OC. The third kappa shape index (κ3) is 5.94. The smallest absolute Gasteiger partial charge is 0.247 e. The van der Waals surface area contributed by atoms with Crippen LogP contribution in [-0.2, 0) is 9.59 Å². The molecular formula is C35H38F2N4O5. The number of nitrogens with zero attached hydrogens (tertiary/aromatic N) is 3. The van der Waals surface area contributed by atoms with E-state index in [1.54, 1.807) is 38.2 Å². The van der Waals surface area contributed by atoms with Crippen molar-refractivity contribution in [3.8, 4) is 23.0 Å². The normalized spacial score (nSPS) is 18.8. The summed E-state index contributed by atoms with van der Waals surface area (Å²) < 4.78 is 47.2. The summed E-state index contributed by atoms with van der Waals surface area (Å²) in [5.74, 6) is -2.08. The molecule has 2 atom stereocenters. The molecule has 0 aliphatic heterocycles. The zero-order chi connectivity index (χ0) is 33.2. The second-order valence-electron chi connectivity index (χ2n) is 11.3. The summed E-state index contributed by atoms with van der Waals surface area (Å²) in [6.45, 7) is 10.8. The van der Waals surface area contributed by atoms with E-state index in [0.717, 1.165) is 25.7 Å². The van der Waals surface area contributed by atoms with E-state index in [1.165, 1.54) is 48.4 Å². The van der Waals surface area contributed by atoms with Crippen LogP contribution in [-0.4, -0.2) is 55.0 Å². The Kier molecular flexibility index (Phi) is 9.43. The van der Waals surface area contributed by atoms with Gasteiger partial charge in [-0.2, -0.15) is 0 Å². The number of likely N-dealkylation sites (N-methyl/N-ethyl adjacent to an activating group) is 1. The van der Waals surface area contributed by atoms with Crippen molar-refractivity contribution in [1.29, 1.82) is 0 Å². The first-order valence-corrected chi connectivity index (χ1v) is 15.3. The second kappa shape index (κ2) is 13.3. The predicted molar refractivity (Wildman–Crippen MR) is 172 cm³/mol. The molecule has 1 saturated carbocycles. The number of hydrogen-bond acceptors (Lipinski definition) is 7. The lowest BCUT2D eigenvalue weighted by Gasteiger charge is -2.27. The molecule has 0 unspecified atom stereocenters. The predicted octanol–water partition coefficient (Wildman–Crippen LogP) is 6.46. The van der Waals surface area contributed by atoms with E-state index in [4.69, 9.17) is 19.9 Å². The lowest BCUT2D eigenvalue weighted by molar-refractivity contribution is -0.134. The molecule has 0 radical (unpaired) electrons. The van der Waals surface area contributed by atoms with Crippen LogP contribution in [0.25, 0.3) is 10.9 Å². The molecule has 11 heteroatoms. The van der Waals surface area contributed by atoms with E-state index in [1.807, 2.05) is 0 Å². The summed E-state index contributed by atoms with van der Waals surface area (Å²) in [5.41, 5.74) is 5.21. The van der Waals surface area contributed by atoms with Gasteiger partial charge in [-0.05, 0) is 73.5 Å². The Labute approximate surface area is 266 Å². The Morgan fingerprint density at radius 3 is 2.15 bits per heavy atom. The third-order valence-corrected chi connectivity index (χ3v) is 9.07. The van der Waals surface area contributed by atoms with Crippen molar-refractivity contribution in [3.63, 3.8) is 0 Å². The van der Waals surface area contributed by atoms with Crippen molar-refractivity contribution >= 4 is 34.1 Å². The number of pyridine rings is 1. The van der Waals surface area contributed by atoms with Crippen LogP contribution in [0, 0.1) is 28.9 Å². The average molecular weight is 633 g/mol. The van der Waals surface area contributed by atoms with Crippen molar-refractivity contribution in [2.45, 2.75) is 27.7 Å². The third-order valence-electron chi connectivity index (χ3n) is 9.07. The fourth-order valence-corrected chi connectivity index (χ4v) is 6.02. The summed E-state index contributed by atoms with van der Waals surface area (Å²) in [6, 6.07) is 14.3. The Balaban J connectivity index is 1.46. The van der Waals surface area contributed by atoms with E-state index in [2.05, 4.69) is 23.7 Å². The van der Waals surface area contributed by atoms with E-state index in [0.29, 0.717) is 34.8 Å². The zero-order valence-corrected chi connectivity index (χ0v) is 26.6. The monoisotopic (exact) mass is 632 g/mol. The Morgan fingerprint density at radius 1 is 0.891 bits per heavy atom. The molecule has 2 N–H and O–H groups in total. The molecule has 1 fully saturated rings. The molecule has 3 aromatic carbocycles. The van der Waals surface area contributed by atoms with Crippen LogP contribution in [0.2, 0.25) is 0 Å². The standard InChI is InChI=1S/C35H38F2N4O5/c1-6-40(7-2)16-17-45-32-20-28-26(19-31(32)44-5)29(14-15-39-28)46-30-13-12-25(18-27(30)37)41(24-10-8-23(36)9-11-24)34(43)35(33(38)42)21(3)22(35)4/h8-15,18-22H,6-7,16-17H2,1-5H3,(H2,38,42)/t21-,22-/m1/s1. The van der Waals surface area contributed by atoms with Gasteiger partial charge in [0.1, 0.15) is 23.6 Å². The molecule has 1 heterocycles. The first-order valence-electron chi connectivity index (χ1n) is 15.3. The quantitative estimate of drug-likeness (QED) is 0.169. The van der Waals surface area contributed by atoms with Gasteiger partial charge in [-0.15, -0.1) is 0 Å². The number of hydrogen-bond donors (Lipinski definition) is 1. The molecule has 0 spiro atoms. The first kappa shape index (κ1) is 32.6. The number of methoxy groups -OCH3 is 1. The summed E-state index contributed by atoms with van der Waals surface area (Å²) in [7, 11) is 1.54. The number of rotatable bonds is 13. The van der Waals surface area contributed by atoms with Crippen molar-refractivity contribution in [2.24, 2.45) is 23.0 Å². The lowest BCUT2D eigenvalue weighted by atomic mass is 9.98. The van der Waals surface area contributed by atoms with Crippen LogP contribution in [0.4, 0.5) is 20.2 Å². The van der Waals surface area contributed by atoms with Crippen molar-refractivity contribution < 1.29 is 32.6 Å². The molecule has 1 aromatic heterocycles. The van der Waals surface area contributed by atoms with Gasteiger partial charge in [0.15, 0.2) is 23.1 Å². The number of primary amides is 1. The topological polar surface area (TPSA) is 107 Å². The Hall–Kier alpha value is -4.77. The minimum absolute atomic E-state index is 0.112. The van der Waals surface area contributed by atoms with Gasteiger partial charge < -0.3 is 24.8 Å². The first-order chi connectivity index (χ1) is 22.1. The number of benzene rings is 3. The van der Waals surface area contributed by atoms with Gasteiger partial charge in [0.25, 0.3) is 0 Å². The highest BCUT2D eigenvalue weighted by molar-refractivity contribution is 6.17. The van der Waals surface area contributed by atoms with E-state index < -0.39 is 28.9 Å². The summed E-state index contributed by atoms with van der Waals surface area (Å²) in [4.78, 5) is 34.4. The summed E-state index contributed by atoms with van der Waals surface area (Å²) >= 11 is 0. The van der Waals surface area contributed by atoms with Gasteiger partial charge in [0, 0.05) is 35.9 Å². The highest BCUT2D eigenvalue weighted by Crippen LogP contribution is 2.60. The molecule has 1 aliphatic rings. The molecule has 9 nitrogen and oxygen atoms in total. The maximum atomic E-state index is 15.8. The van der Waals surface area contributed by atoms with Crippen LogP contribution < -0.4 is 24.8 Å². The van der Waals surface area contributed by atoms with Gasteiger partial charge in [0.2, 0.25) is 11.8 Å². The maximum absolute atomic E-state index is 15.8. The maximum Gasteiger partial charge on any atom is 0.247 e. The highest BCUT2D eigenvalue weighted by Gasteiger charge is 2.70. The number of carbonyl (C=O) groups excluding carboxylic acids is 2. The minimum Gasteiger partial charge on any atom is -0.493 e. The molecule has 1 aliphatic carbocycles. The minimum atomic E-state index is -1.47. The van der Waals surface area contributed by atoms with Gasteiger partial charge in [-0.1, -0.05) is 27.7 Å². The van der Waals surface area contributed by atoms with Crippen molar-refractivity contribution in [1.82, 2.24) is 9.88 Å². The van der Waals surface area contributed by atoms with Crippen molar-refractivity contribution in [2.75, 3.05) is 38.3 Å². The summed E-state index contributed by atoms with van der Waals surface area (Å²) in [6.07, 6.45) is 1.55. The van der Waals surface area contributed by atoms with E-state index >= 15 is 4.39 Å². The molecule has 0 bridgehead atoms.